The molecule has 0 aromatic heterocycles. The zero-order valence-electron chi connectivity index (χ0n) is 26.1. The molecule has 0 bridgehead atoms. The first-order chi connectivity index (χ1) is 21.8. The van der Waals surface area contributed by atoms with E-state index >= 15 is 0 Å². The fraction of sp³-hybridized carbons (Fsp3) is 0.486. The standard InChI is InChI=1S/C35H42N6O4/c1-24(2)35(44)41-23-30(39-33(42)31-17-29(19-36)21-37-31)18-32(41)34(43)38-20-27-9-5-25(6-10-27)3-4-26-7-11-28(12-8-26)22-40-13-15-45-16-14-40/h5-12,24,29-32,37H,13-18,20-23H2,1-2H3,(H,38,43)(H,39,42)/t29-,30-,31+,32-/m1/s1. The summed E-state index contributed by atoms with van der Waals surface area (Å²) >= 11 is 0. The molecule has 45 heavy (non-hydrogen) atoms. The van der Waals surface area contributed by atoms with E-state index in [1.165, 1.54) is 5.56 Å². The molecule has 2 aromatic carbocycles. The molecule has 3 saturated heterocycles. The van der Waals surface area contributed by atoms with Crippen molar-refractivity contribution in [3.63, 3.8) is 0 Å². The van der Waals surface area contributed by atoms with Crippen LogP contribution in [-0.2, 0) is 32.2 Å². The van der Waals surface area contributed by atoms with Crippen LogP contribution in [0.15, 0.2) is 48.5 Å². The van der Waals surface area contributed by atoms with Crippen LogP contribution >= 0.6 is 0 Å². The van der Waals surface area contributed by atoms with E-state index in [-0.39, 0.29) is 42.1 Å². The van der Waals surface area contributed by atoms with Crippen molar-refractivity contribution in [1.82, 2.24) is 25.8 Å². The lowest BCUT2D eigenvalue weighted by Gasteiger charge is -2.26. The number of likely N-dealkylation sites (tertiary alicyclic amines) is 1. The molecule has 4 atom stereocenters. The van der Waals surface area contributed by atoms with Crippen molar-refractivity contribution in [3.8, 4) is 17.9 Å². The van der Waals surface area contributed by atoms with E-state index in [4.69, 9.17) is 10.00 Å². The van der Waals surface area contributed by atoms with Gasteiger partial charge in [0.15, 0.2) is 0 Å². The summed E-state index contributed by atoms with van der Waals surface area (Å²) in [6.07, 6.45) is 0.800. The third-order valence-corrected chi connectivity index (χ3v) is 8.59. The fourth-order valence-electron chi connectivity index (χ4n) is 5.97. The van der Waals surface area contributed by atoms with Gasteiger partial charge in [-0.15, -0.1) is 0 Å². The minimum absolute atomic E-state index is 0.120. The average Bonchev–Trinajstić information content (AvgIpc) is 3.72. The average molecular weight is 611 g/mol. The number of benzene rings is 2. The van der Waals surface area contributed by atoms with Crippen LogP contribution in [0.1, 0.15) is 48.9 Å². The second-order valence-electron chi connectivity index (χ2n) is 12.4. The topological polar surface area (TPSA) is 127 Å². The second-order valence-corrected chi connectivity index (χ2v) is 12.4. The van der Waals surface area contributed by atoms with Crippen molar-refractivity contribution >= 4 is 17.7 Å². The van der Waals surface area contributed by atoms with Gasteiger partial charge in [-0.3, -0.25) is 19.3 Å². The van der Waals surface area contributed by atoms with Gasteiger partial charge in [0.2, 0.25) is 17.7 Å². The number of rotatable bonds is 8. The van der Waals surface area contributed by atoms with Gasteiger partial charge in [0.05, 0.1) is 31.2 Å². The van der Waals surface area contributed by atoms with E-state index < -0.39 is 12.1 Å². The quantitative estimate of drug-likeness (QED) is 0.389. The number of morpholine rings is 1. The largest absolute Gasteiger partial charge is 0.379 e. The highest BCUT2D eigenvalue weighted by Gasteiger charge is 2.41. The number of nitriles is 1. The number of carbonyl (C=O) groups is 3. The maximum atomic E-state index is 13.3. The highest BCUT2D eigenvalue weighted by atomic mass is 16.5. The predicted octanol–water partition coefficient (Wildman–Crippen LogP) is 1.78. The lowest BCUT2D eigenvalue weighted by molar-refractivity contribution is -0.140. The summed E-state index contributed by atoms with van der Waals surface area (Å²) in [5.41, 5.74) is 4.02. The van der Waals surface area contributed by atoms with Crippen LogP contribution in [0.5, 0.6) is 0 Å². The van der Waals surface area contributed by atoms with Gasteiger partial charge >= 0.3 is 0 Å². The molecule has 3 amide bonds. The van der Waals surface area contributed by atoms with Crippen molar-refractivity contribution in [2.75, 3.05) is 39.4 Å². The Morgan fingerprint density at radius 2 is 1.60 bits per heavy atom. The molecule has 10 heteroatoms. The Morgan fingerprint density at radius 3 is 2.20 bits per heavy atom. The van der Waals surface area contributed by atoms with Crippen molar-refractivity contribution in [1.29, 1.82) is 5.26 Å². The molecule has 3 N–H and O–H groups in total. The third kappa shape index (κ3) is 8.70. The van der Waals surface area contributed by atoms with Gasteiger partial charge in [-0.1, -0.05) is 50.0 Å². The number of nitrogens with one attached hydrogen (secondary N) is 3. The molecule has 3 heterocycles. The lowest BCUT2D eigenvalue weighted by atomic mass is 10.1. The van der Waals surface area contributed by atoms with Crippen LogP contribution in [0.4, 0.5) is 0 Å². The molecule has 0 aliphatic carbocycles. The summed E-state index contributed by atoms with van der Waals surface area (Å²) in [5.74, 6) is 5.41. The molecule has 5 rings (SSSR count). The summed E-state index contributed by atoms with van der Waals surface area (Å²) in [6.45, 7) is 9.11. The number of amides is 3. The predicted molar refractivity (Wildman–Crippen MR) is 169 cm³/mol. The van der Waals surface area contributed by atoms with Crippen LogP contribution in [0.3, 0.4) is 0 Å². The summed E-state index contributed by atoms with van der Waals surface area (Å²) < 4.78 is 5.42. The van der Waals surface area contributed by atoms with E-state index in [9.17, 15) is 14.4 Å². The normalized spacial score (nSPS) is 23.2. The van der Waals surface area contributed by atoms with E-state index in [1.54, 1.807) is 18.7 Å². The zero-order chi connectivity index (χ0) is 31.8. The third-order valence-electron chi connectivity index (χ3n) is 8.59. The molecule has 0 saturated carbocycles. The van der Waals surface area contributed by atoms with E-state index in [2.05, 4.69) is 63.0 Å². The maximum absolute atomic E-state index is 13.3. The molecule has 3 fully saturated rings. The SMILES string of the molecule is CC(C)C(=O)N1C[C@H](NC(=O)[C@@H]2C[C@H](C#N)CN2)C[C@@H]1C(=O)NCc1ccc(C#Cc2ccc(CN3CCOCC3)cc2)cc1. The first-order valence-corrected chi connectivity index (χ1v) is 15.8. The highest BCUT2D eigenvalue weighted by Crippen LogP contribution is 2.22. The van der Waals surface area contributed by atoms with Crippen molar-refractivity contribution in [3.05, 3.63) is 70.8 Å². The highest BCUT2D eigenvalue weighted by molar-refractivity contribution is 5.89. The molecule has 2 aromatic rings. The summed E-state index contributed by atoms with van der Waals surface area (Å²) in [4.78, 5) is 43.0. The van der Waals surface area contributed by atoms with Crippen LogP contribution in [-0.4, -0.2) is 85.0 Å². The summed E-state index contributed by atoms with van der Waals surface area (Å²) in [6, 6.07) is 16.9. The Bertz CT molecular complexity index is 1450. The molecular weight excluding hydrogens is 568 g/mol. The maximum Gasteiger partial charge on any atom is 0.243 e. The Kier molecular flexibility index (Phi) is 10.9. The molecule has 10 nitrogen and oxygen atoms in total. The molecule has 3 aliphatic rings. The van der Waals surface area contributed by atoms with Crippen LogP contribution in [0.25, 0.3) is 0 Å². The molecule has 3 aliphatic heterocycles. The van der Waals surface area contributed by atoms with Crippen LogP contribution in [0.2, 0.25) is 0 Å². The molecule has 0 unspecified atom stereocenters. The van der Waals surface area contributed by atoms with Gasteiger partial charge in [0, 0.05) is 62.4 Å². The van der Waals surface area contributed by atoms with Gasteiger partial charge in [-0.2, -0.15) is 5.26 Å². The van der Waals surface area contributed by atoms with Gasteiger partial charge in [0.25, 0.3) is 0 Å². The number of hydrogen-bond acceptors (Lipinski definition) is 7. The molecule has 0 spiro atoms. The number of ether oxygens (including phenoxy) is 1. The molecule has 0 radical (unpaired) electrons. The Labute approximate surface area is 265 Å². The second kappa shape index (κ2) is 15.2. The van der Waals surface area contributed by atoms with E-state index in [0.717, 1.165) is 49.5 Å². The zero-order valence-corrected chi connectivity index (χ0v) is 26.1. The van der Waals surface area contributed by atoms with E-state index in [0.29, 0.717) is 25.9 Å². The number of hydrogen-bond donors (Lipinski definition) is 3. The van der Waals surface area contributed by atoms with Crippen LogP contribution < -0.4 is 16.0 Å². The monoisotopic (exact) mass is 610 g/mol. The fourth-order valence-corrected chi connectivity index (χ4v) is 5.97. The smallest absolute Gasteiger partial charge is 0.243 e. The van der Waals surface area contributed by atoms with Gasteiger partial charge in [-0.05, 0) is 48.2 Å². The Hall–Kier alpha value is -4.22. The Balaban J connectivity index is 1.12. The van der Waals surface area contributed by atoms with Crippen molar-refractivity contribution < 1.29 is 19.1 Å². The first kappa shape index (κ1) is 32.2. The molecule has 236 valence electrons. The van der Waals surface area contributed by atoms with Crippen LogP contribution in [0, 0.1) is 35.0 Å². The number of nitrogens with zero attached hydrogens (tertiary/aromatic N) is 3. The van der Waals surface area contributed by atoms with Crippen molar-refractivity contribution in [2.45, 2.75) is 57.9 Å². The summed E-state index contributed by atoms with van der Waals surface area (Å²) in [5, 5.41) is 18.2. The Morgan fingerprint density at radius 1 is 0.956 bits per heavy atom. The van der Waals surface area contributed by atoms with Gasteiger partial charge < -0.3 is 25.6 Å². The summed E-state index contributed by atoms with van der Waals surface area (Å²) in [7, 11) is 0. The van der Waals surface area contributed by atoms with Gasteiger partial charge in [-0.25, -0.2) is 0 Å². The van der Waals surface area contributed by atoms with Crippen molar-refractivity contribution in [2.24, 2.45) is 11.8 Å². The number of carbonyl (C=O) groups excluding carboxylic acids is 3. The van der Waals surface area contributed by atoms with Gasteiger partial charge in [0.1, 0.15) is 6.04 Å². The van der Waals surface area contributed by atoms with E-state index in [1.807, 2.05) is 24.3 Å². The molecular formula is C35H42N6O4. The minimum atomic E-state index is -0.668. The first-order valence-electron chi connectivity index (χ1n) is 15.8. The lowest BCUT2D eigenvalue weighted by Crippen LogP contribution is -2.47. The minimum Gasteiger partial charge on any atom is -0.379 e.